The van der Waals surface area contributed by atoms with Crippen molar-refractivity contribution in [1.82, 2.24) is 0 Å². The number of rotatable bonds is 5. The summed E-state index contributed by atoms with van der Waals surface area (Å²) < 4.78 is 20.8. The summed E-state index contributed by atoms with van der Waals surface area (Å²) in [4.78, 5) is 12.1. The predicted octanol–water partition coefficient (Wildman–Crippen LogP) is 1.48. The number of benzene rings is 1. The van der Waals surface area contributed by atoms with E-state index in [0.717, 1.165) is 13.0 Å². The molecule has 1 aromatic rings. The average molecular weight is 281 g/mol. The minimum atomic E-state index is -0.480. The van der Waals surface area contributed by atoms with E-state index in [9.17, 15) is 4.79 Å². The summed E-state index contributed by atoms with van der Waals surface area (Å²) in [5.41, 5.74) is 6.40. The van der Waals surface area contributed by atoms with E-state index in [1.165, 1.54) is 14.2 Å². The molecule has 1 heterocycles. The van der Waals surface area contributed by atoms with Crippen molar-refractivity contribution in [1.29, 1.82) is 0 Å². The first-order valence-corrected chi connectivity index (χ1v) is 6.42. The highest BCUT2D eigenvalue weighted by atomic mass is 16.5. The van der Waals surface area contributed by atoms with Gasteiger partial charge in [0.25, 0.3) is 0 Å². The van der Waals surface area contributed by atoms with Gasteiger partial charge in [-0.25, -0.2) is 4.79 Å². The lowest BCUT2D eigenvalue weighted by Gasteiger charge is -2.13. The Balaban J connectivity index is 2.11. The van der Waals surface area contributed by atoms with Crippen molar-refractivity contribution in [2.24, 2.45) is 5.92 Å². The molecule has 6 nitrogen and oxygen atoms in total. The second kappa shape index (κ2) is 6.47. The average Bonchev–Trinajstić information content (AvgIpc) is 2.98. The third kappa shape index (κ3) is 3.14. The molecule has 2 N–H and O–H groups in total. The number of nitrogen functional groups attached to an aromatic ring is 1. The number of carbonyl (C=O) groups is 1. The van der Waals surface area contributed by atoms with Crippen molar-refractivity contribution in [2.45, 2.75) is 6.42 Å². The van der Waals surface area contributed by atoms with Crippen LogP contribution in [0.2, 0.25) is 0 Å². The van der Waals surface area contributed by atoms with E-state index >= 15 is 0 Å². The zero-order valence-electron chi connectivity index (χ0n) is 11.7. The van der Waals surface area contributed by atoms with Gasteiger partial charge in [0.15, 0.2) is 0 Å². The van der Waals surface area contributed by atoms with E-state index in [2.05, 4.69) is 0 Å². The molecule has 2 rings (SSSR count). The molecule has 1 aliphatic rings. The Kier molecular flexibility index (Phi) is 4.68. The van der Waals surface area contributed by atoms with E-state index in [0.29, 0.717) is 24.7 Å². The summed E-state index contributed by atoms with van der Waals surface area (Å²) in [6, 6.07) is 3.17. The van der Waals surface area contributed by atoms with Crippen molar-refractivity contribution in [3.05, 3.63) is 17.7 Å². The van der Waals surface area contributed by atoms with E-state index < -0.39 is 5.97 Å². The van der Waals surface area contributed by atoms with Gasteiger partial charge in [0.05, 0.1) is 38.7 Å². The molecule has 0 bridgehead atoms. The molecule has 0 saturated carbocycles. The fourth-order valence-corrected chi connectivity index (χ4v) is 2.04. The maximum Gasteiger partial charge on any atom is 0.340 e. The Labute approximate surface area is 117 Å². The molecule has 1 atom stereocenters. The van der Waals surface area contributed by atoms with E-state index in [1.807, 2.05) is 0 Å². The van der Waals surface area contributed by atoms with E-state index in [1.54, 1.807) is 12.1 Å². The summed E-state index contributed by atoms with van der Waals surface area (Å²) in [6.45, 7) is 1.68. The molecule has 1 fully saturated rings. The highest BCUT2D eigenvalue weighted by Gasteiger charge is 2.21. The number of ether oxygens (including phenoxy) is 4. The number of anilines is 1. The number of hydrogen-bond acceptors (Lipinski definition) is 6. The molecule has 0 aromatic heterocycles. The van der Waals surface area contributed by atoms with Gasteiger partial charge in [-0.05, 0) is 12.5 Å². The van der Waals surface area contributed by atoms with Crippen LogP contribution in [0.4, 0.5) is 5.69 Å². The number of nitrogens with two attached hydrogens (primary N) is 1. The summed E-state index contributed by atoms with van der Waals surface area (Å²) >= 11 is 0. The van der Waals surface area contributed by atoms with Crippen LogP contribution in [0.5, 0.6) is 11.5 Å². The van der Waals surface area contributed by atoms with Gasteiger partial charge in [0.1, 0.15) is 11.5 Å². The molecule has 110 valence electrons. The maximum atomic E-state index is 12.1. The fraction of sp³-hybridized carbons (Fsp3) is 0.500. The van der Waals surface area contributed by atoms with Gasteiger partial charge in [-0.2, -0.15) is 0 Å². The van der Waals surface area contributed by atoms with Crippen LogP contribution in [0.15, 0.2) is 12.1 Å². The minimum absolute atomic E-state index is 0.250. The summed E-state index contributed by atoms with van der Waals surface area (Å²) in [5, 5.41) is 0. The topological polar surface area (TPSA) is 80.0 Å². The van der Waals surface area contributed by atoms with Crippen LogP contribution in [-0.2, 0) is 9.47 Å². The molecule has 0 aliphatic carbocycles. The van der Waals surface area contributed by atoms with Crippen molar-refractivity contribution in [3.63, 3.8) is 0 Å². The molecule has 0 radical (unpaired) electrons. The minimum Gasteiger partial charge on any atom is -0.497 e. The van der Waals surface area contributed by atoms with Crippen LogP contribution in [-0.4, -0.2) is 40.0 Å². The lowest BCUT2D eigenvalue weighted by molar-refractivity contribution is 0.0428. The lowest BCUT2D eigenvalue weighted by atomic mass is 10.1. The standard InChI is InChI=1S/C14H19NO5/c1-17-10-5-11(13(15)12(6-10)18-2)14(16)20-8-9-3-4-19-7-9/h5-6,9H,3-4,7-8,15H2,1-2H3. The summed E-state index contributed by atoms with van der Waals surface area (Å²) in [7, 11) is 2.99. The molecule has 6 heteroatoms. The van der Waals surface area contributed by atoms with Crippen molar-refractivity contribution < 1.29 is 23.7 Å². The van der Waals surface area contributed by atoms with Crippen LogP contribution >= 0.6 is 0 Å². The SMILES string of the molecule is COc1cc(OC)c(N)c(C(=O)OCC2CCOC2)c1. The Hall–Kier alpha value is -1.95. The van der Waals surface area contributed by atoms with Gasteiger partial charge in [-0.15, -0.1) is 0 Å². The molecule has 20 heavy (non-hydrogen) atoms. The first-order chi connectivity index (χ1) is 9.65. The van der Waals surface area contributed by atoms with Gasteiger partial charge in [0.2, 0.25) is 0 Å². The van der Waals surface area contributed by atoms with Gasteiger partial charge in [-0.3, -0.25) is 0 Å². The normalized spacial score (nSPS) is 17.8. The van der Waals surface area contributed by atoms with Crippen molar-refractivity contribution >= 4 is 11.7 Å². The quantitative estimate of drug-likeness (QED) is 0.650. The molecule has 1 saturated heterocycles. The second-order valence-electron chi connectivity index (χ2n) is 4.62. The third-order valence-corrected chi connectivity index (χ3v) is 3.27. The van der Waals surface area contributed by atoms with Crippen molar-refractivity contribution in [3.8, 4) is 11.5 Å². The number of esters is 1. The third-order valence-electron chi connectivity index (χ3n) is 3.27. The fourth-order valence-electron chi connectivity index (χ4n) is 2.04. The Bertz CT molecular complexity index is 483. The van der Waals surface area contributed by atoms with Gasteiger partial charge in [0, 0.05) is 18.6 Å². The molecule has 0 spiro atoms. The molecular formula is C14H19NO5. The van der Waals surface area contributed by atoms with Crippen LogP contribution in [0.25, 0.3) is 0 Å². The lowest BCUT2D eigenvalue weighted by Crippen LogP contribution is -2.16. The monoisotopic (exact) mass is 281 g/mol. The molecular weight excluding hydrogens is 262 g/mol. The Morgan fingerprint density at radius 2 is 2.20 bits per heavy atom. The number of carbonyl (C=O) groups excluding carboxylic acids is 1. The molecule has 1 aromatic carbocycles. The maximum absolute atomic E-state index is 12.1. The highest BCUT2D eigenvalue weighted by molar-refractivity contribution is 5.97. The molecule has 0 amide bonds. The smallest absolute Gasteiger partial charge is 0.340 e. The summed E-state index contributed by atoms with van der Waals surface area (Å²) in [6.07, 6.45) is 0.907. The Morgan fingerprint density at radius 1 is 1.40 bits per heavy atom. The van der Waals surface area contributed by atoms with E-state index in [-0.39, 0.29) is 17.2 Å². The molecule has 1 aliphatic heterocycles. The van der Waals surface area contributed by atoms with E-state index in [4.69, 9.17) is 24.7 Å². The van der Waals surface area contributed by atoms with Crippen LogP contribution in [0, 0.1) is 5.92 Å². The second-order valence-corrected chi connectivity index (χ2v) is 4.62. The Morgan fingerprint density at radius 3 is 2.80 bits per heavy atom. The van der Waals surface area contributed by atoms with Gasteiger partial charge in [-0.1, -0.05) is 0 Å². The van der Waals surface area contributed by atoms with Crippen molar-refractivity contribution in [2.75, 3.05) is 39.8 Å². The number of methoxy groups -OCH3 is 2. The first-order valence-electron chi connectivity index (χ1n) is 6.42. The van der Waals surface area contributed by atoms with Gasteiger partial charge < -0.3 is 24.7 Å². The van der Waals surface area contributed by atoms with Gasteiger partial charge >= 0.3 is 5.97 Å². The highest BCUT2D eigenvalue weighted by Crippen LogP contribution is 2.31. The summed E-state index contributed by atoms with van der Waals surface area (Å²) in [5.74, 6) is 0.659. The first kappa shape index (κ1) is 14.5. The zero-order chi connectivity index (χ0) is 14.5. The largest absolute Gasteiger partial charge is 0.497 e. The zero-order valence-corrected chi connectivity index (χ0v) is 11.7. The van der Waals surface area contributed by atoms with Crippen LogP contribution in [0.1, 0.15) is 16.8 Å². The molecule has 1 unspecified atom stereocenters. The van der Waals surface area contributed by atoms with Crippen LogP contribution < -0.4 is 15.2 Å². The van der Waals surface area contributed by atoms with Crippen LogP contribution in [0.3, 0.4) is 0 Å². The number of hydrogen-bond donors (Lipinski definition) is 1. The predicted molar refractivity (Wildman–Crippen MR) is 73.2 cm³/mol.